The van der Waals surface area contributed by atoms with E-state index in [0.29, 0.717) is 0 Å². The maximum atomic E-state index is 12.5. The number of rotatable bonds is 6. The molecule has 0 atom stereocenters. The summed E-state index contributed by atoms with van der Waals surface area (Å²) in [6.45, 7) is 0.0978. The Labute approximate surface area is 130 Å². The van der Waals surface area contributed by atoms with Gasteiger partial charge in [-0.2, -0.15) is 8.78 Å². The number of halogens is 2. The van der Waals surface area contributed by atoms with Crippen LogP contribution in [0, 0.1) is 5.92 Å². The van der Waals surface area contributed by atoms with E-state index in [4.69, 9.17) is 0 Å². The molecule has 0 aliphatic rings. The molecule has 0 aliphatic heterocycles. The second-order valence-corrected chi connectivity index (χ2v) is 5.02. The van der Waals surface area contributed by atoms with Crippen molar-refractivity contribution in [2.75, 3.05) is 13.2 Å². The fraction of sp³-hybridized carbons (Fsp3) is 0.750. The van der Waals surface area contributed by atoms with Gasteiger partial charge in [-0.05, 0) is 0 Å². The van der Waals surface area contributed by atoms with Gasteiger partial charge >= 0.3 is 46.8 Å². The minimum absolute atomic E-state index is 0. The fourth-order valence-corrected chi connectivity index (χ4v) is 0.778. The molecule has 0 fully saturated rings. The van der Waals surface area contributed by atoms with E-state index >= 15 is 0 Å². The topological polar surface area (TPSA) is 110 Å². The first kappa shape index (κ1) is 21.0. The van der Waals surface area contributed by atoms with Crippen LogP contribution in [0.15, 0.2) is 0 Å². The Morgan fingerprint density at radius 1 is 1.26 bits per heavy atom. The van der Waals surface area contributed by atoms with Gasteiger partial charge in [0.15, 0.2) is 23.3 Å². The minimum Gasteiger partial charge on any atom is -0.743 e. The molecule has 11 heteroatoms. The average Bonchev–Trinajstić information content (AvgIpc) is 2.21. The SMILES string of the molecule is CC(C)C(=O)OCC(=O)OCC(F)(F)S(=O)(=O)[O-].[Na+]. The molecule has 7 nitrogen and oxygen atoms in total. The molecule has 0 aromatic carbocycles. The molecular formula is C8H11F2NaO7S. The summed E-state index contributed by atoms with van der Waals surface area (Å²) >= 11 is 0. The zero-order valence-electron chi connectivity index (χ0n) is 10.5. The van der Waals surface area contributed by atoms with E-state index in [0.717, 1.165) is 0 Å². The minimum atomic E-state index is -5.91. The van der Waals surface area contributed by atoms with E-state index in [1.807, 2.05) is 0 Å². The van der Waals surface area contributed by atoms with E-state index in [-0.39, 0.29) is 29.6 Å². The molecule has 106 valence electrons. The Morgan fingerprint density at radius 2 is 1.74 bits per heavy atom. The van der Waals surface area contributed by atoms with Crippen LogP contribution < -0.4 is 29.6 Å². The number of carbonyl (C=O) groups is 2. The van der Waals surface area contributed by atoms with Crippen LogP contribution in [0.1, 0.15) is 13.8 Å². The summed E-state index contributed by atoms with van der Waals surface area (Å²) < 4.78 is 63.3. The summed E-state index contributed by atoms with van der Waals surface area (Å²) in [4.78, 5) is 21.7. The first-order chi connectivity index (χ1) is 7.97. The van der Waals surface area contributed by atoms with Gasteiger partial charge in [-0.15, -0.1) is 0 Å². The van der Waals surface area contributed by atoms with Crippen molar-refractivity contribution in [2.24, 2.45) is 5.92 Å². The maximum absolute atomic E-state index is 12.5. The number of hydrogen-bond donors (Lipinski definition) is 0. The van der Waals surface area contributed by atoms with Crippen molar-refractivity contribution < 1.29 is 70.4 Å². The summed E-state index contributed by atoms with van der Waals surface area (Å²) in [5.74, 6) is -2.66. The van der Waals surface area contributed by atoms with Gasteiger partial charge < -0.3 is 14.0 Å². The van der Waals surface area contributed by atoms with E-state index in [1.165, 1.54) is 13.8 Å². The van der Waals surface area contributed by atoms with Crippen molar-refractivity contribution in [1.29, 1.82) is 0 Å². The van der Waals surface area contributed by atoms with Crippen molar-refractivity contribution in [2.45, 2.75) is 19.1 Å². The van der Waals surface area contributed by atoms with Gasteiger partial charge in [0, 0.05) is 0 Å². The zero-order valence-corrected chi connectivity index (χ0v) is 13.3. The second kappa shape index (κ2) is 8.10. The standard InChI is InChI=1S/C8H12F2O7S.Na/c1-5(2)7(12)16-3-6(11)17-4-8(9,10)18(13,14)15;/h5H,3-4H2,1-2H3,(H,13,14,15);/q;+1/p-1. The molecule has 0 unspecified atom stereocenters. The van der Waals surface area contributed by atoms with Crippen LogP contribution in [0.3, 0.4) is 0 Å². The van der Waals surface area contributed by atoms with E-state index < -0.39 is 46.4 Å². The number of ether oxygens (including phenoxy) is 2. The molecule has 0 bridgehead atoms. The molecule has 0 saturated heterocycles. The van der Waals surface area contributed by atoms with Crippen LogP contribution in [0.2, 0.25) is 0 Å². The van der Waals surface area contributed by atoms with Crippen LogP contribution >= 0.6 is 0 Å². The van der Waals surface area contributed by atoms with Crippen LogP contribution in [-0.4, -0.2) is 43.4 Å². The summed E-state index contributed by atoms with van der Waals surface area (Å²) in [6, 6.07) is 0. The first-order valence-corrected chi connectivity index (χ1v) is 6.03. The van der Waals surface area contributed by atoms with Crippen LogP contribution in [0.25, 0.3) is 0 Å². The summed E-state index contributed by atoms with van der Waals surface area (Å²) in [6.07, 6.45) is 0. The molecule has 0 spiro atoms. The van der Waals surface area contributed by atoms with Crippen molar-refractivity contribution in [3.8, 4) is 0 Å². The molecule has 19 heavy (non-hydrogen) atoms. The molecule has 0 aliphatic carbocycles. The normalized spacial score (nSPS) is 11.7. The van der Waals surface area contributed by atoms with Gasteiger partial charge in [0.25, 0.3) is 0 Å². The number of hydrogen-bond acceptors (Lipinski definition) is 7. The smallest absolute Gasteiger partial charge is 0.743 e. The fourth-order valence-electron chi connectivity index (χ4n) is 0.575. The maximum Gasteiger partial charge on any atom is 1.00 e. The molecule has 0 radical (unpaired) electrons. The largest absolute Gasteiger partial charge is 1.00 e. The quantitative estimate of drug-likeness (QED) is 0.290. The molecular weight excluding hydrogens is 301 g/mol. The number of carbonyl (C=O) groups excluding carboxylic acids is 2. The van der Waals surface area contributed by atoms with Crippen LogP contribution in [-0.2, 0) is 29.2 Å². The van der Waals surface area contributed by atoms with Crippen molar-refractivity contribution in [1.82, 2.24) is 0 Å². The van der Waals surface area contributed by atoms with Crippen LogP contribution in [0.4, 0.5) is 8.78 Å². The third-order valence-corrected chi connectivity index (χ3v) is 2.42. The van der Waals surface area contributed by atoms with Gasteiger partial charge in [0.05, 0.1) is 5.92 Å². The van der Waals surface area contributed by atoms with Gasteiger partial charge in [-0.1, -0.05) is 13.8 Å². The van der Waals surface area contributed by atoms with E-state index in [1.54, 1.807) is 0 Å². The predicted molar refractivity (Wildman–Crippen MR) is 51.4 cm³/mol. The first-order valence-electron chi connectivity index (χ1n) is 4.63. The monoisotopic (exact) mass is 312 g/mol. The average molecular weight is 312 g/mol. The molecule has 0 aromatic heterocycles. The number of alkyl halides is 2. The molecule has 0 rings (SSSR count). The van der Waals surface area contributed by atoms with Crippen molar-refractivity contribution in [3.05, 3.63) is 0 Å². The summed E-state index contributed by atoms with van der Waals surface area (Å²) in [7, 11) is -5.91. The Bertz CT molecular complexity index is 421. The van der Waals surface area contributed by atoms with Crippen LogP contribution in [0.5, 0.6) is 0 Å². The van der Waals surface area contributed by atoms with Crippen molar-refractivity contribution in [3.63, 3.8) is 0 Å². The number of esters is 2. The zero-order chi connectivity index (χ0) is 14.6. The Balaban J connectivity index is 0. The van der Waals surface area contributed by atoms with E-state index in [9.17, 15) is 31.3 Å². The van der Waals surface area contributed by atoms with Gasteiger partial charge in [0.1, 0.15) is 0 Å². The molecule has 0 saturated carbocycles. The van der Waals surface area contributed by atoms with Gasteiger partial charge in [0.2, 0.25) is 0 Å². The predicted octanol–water partition coefficient (Wildman–Crippen LogP) is -3.13. The van der Waals surface area contributed by atoms with E-state index in [2.05, 4.69) is 9.47 Å². The Morgan fingerprint density at radius 3 is 2.11 bits per heavy atom. The van der Waals surface area contributed by atoms with Crippen molar-refractivity contribution >= 4 is 22.1 Å². The Hall–Kier alpha value is -0.290. The Kier molecular flexibility index (Phi) is 8.96. The molecule has 0 N–H and O–H groups in total. The third kappa shape index (κ3) is 7.78. The summed E-state index contributed by atoms with van der Waals surface area (Å²) in [5.41, 5.74) is 0. The van der Waals surface area contributed by atoms with Gasteiger partial charge in [-0.3, -0.25) is 4.79 Å². The molecule has 0 aromatic rings. The molecule has 0 amide bonds. The third-order valence-electron chi connectivity index (χ3n) is 1.57. The molecule has 0 heterocycles. The second-order valence-electron chi connectivity index (χ2n) is 3.51. The summed E-state index contributed by atoms with van der Waals surface area (Å²) in [5, 5.41) is -4.72. The van der Waals surface area contributed by atoms with Gasteiger partial charge in [-0.25, -0.2) is 13.2 Å².